The third-order valence-electron chi connectivity index (χ3n) is 3.75. The van der Waals surface area contributed by atoms with Crippen molar-refractivity contribution in [2.24, 2.45) is 0 Å². The van der Waals surface area contributed by atoms with Crippen LogP contribution in [0.1, 0.15) is 35.1 Å². The molecular formula is C16H17Cl2NOS. The SMILES string of the molecule is CC(C(=O)c1ccc(Cl)s1)N(C)C(C)c1cccc(Cl)c1. The second-order valence-electron chi connectivity index (χ2n) is 5.04. The molecule has 5 heteroatoms. The molecule has 0 bridgehead atoms. The highest BCUT2D eigenvalue weighted by Crippen LogP contribution is 2.27. The third kappa shape index (κ3) is 3.86. The van der Waals surface area contributed by atoms with Gasteiger partial charge in [-0.3, -0.25) is 9.69 Å². The smallest absolute Gasteiger partial charge is 0.189 e. The van der Waals surface area contributed by atoms with E-state index >= 15 is 0 Å². The predicted molar refractivity (Wildman–Crippen MR) is 90.8 cm³/mol. The van der Waals surface area contributed by atoms with Gasteiger partial charge < -0.3 is 0 Å². The van der Waals surface area contributed by atoms with Crippen molar-refractivity contribution in [3.8, 4) is 0 Å². The minimum absolute atomic E-state index is 0.0864. The zero-order chi connectivity index (χ0) is 15.6. The number of halogens is 2. The van der Waals surface area contributed by atoms with Crippen molar-refractivity contribution >= 4 is 40.3 Å². The number of likely N-dealkylation sites (N-methyl/N-ethyl adjacent to an activating group) is 1. The first kappa shape index (κ1) is 16.5. The summed E-state index contributed by atoms with van der Waals surface area (Å²) in [5.74, 6) is 0.0864. The van der Waals surface area contributed by atoms with Crippen molar-refractivity contribution in [3.63, 3.8) is 0 Å². The van der Waals surface area contributed by atoms with Crippen molar-refractivity contribution in [2.45, 2.75) is 25.9 Å². The van der Waals surface area contributed by atoms with Gasteiger partial charge in [-0.2, -0.15) is 0 Å². The van der Waals surface area contributed by atoms with Gasteiger partial charge in [0.15, 0.2) is 5.78 Å². The molecule has 1 aromatic heterocycles. The Morgan fingerprint density at radius 3 is 2.48 bits per heavy atom. The topological polar surface area (TPSA) is 20.3 Å². The summed E-state index contributed by atoms with van der Waals surface area (Å²) in [6.45, 7) is 3.98. The van der Waals surface area contributed by atoms with E-state index in [1.807, 2.05) is 43.1 Å². The number of carbonyl (C=O) groups excluding carboxylic acids is 1. The third-order valence-corrected chi connectivity index (χ3v) is 5.23. The Hall–Kier alpha value is -0.870. The minimum Gasteiger partial charge on any atom is -0.291 e. The molecule has 0 spiro atoms. The van der Waals surface area contributed by atoms with E-state index in [0.717, 1.165) is 5.56 Å². The van der Waals surface area contributed by atoms with Crippen molar-refractivity contribution in [2.75, 3.05) is 7.05 Å². The molecule has 0 saturated carbocycles. The Kier molecular flexibility index (Phi) is 5.44. The Bertz CT molecular complexity index is 641. The van der Waals surface area contributed by atoms with Crippen LogP contribution in [-0.4, -0.2) is 23.8 Å². The molecule has 2 nitrogen and oxygen atoms in total. The first-order chi connectivity index (χ1) is 9.90. The number of benzene rings is 1. The highest BCUT2D eigenvalue weighted by Gasteiger charge is 2.25. The van der Waals surface area contributed by atoms with E-state index in [1.165, 1.54) is 11.3 Å². The standard InChI is InChI=1S/C16H17Cl2NOS/c1-10(12-5-4-6-13(17)9-12)19(3)11(2)16(20)14-7-8-15(18)21-14/h4-11H,1-3H3. The van der Waals surface area contributed by atoms with Crippen LogP contribution in [0.2, 0.25) is 9.36 Å². The summed E-state index contributed by atoms with van der Waals surface area (Å²) in [4.78, 5) is 15.2. The molecule has 2 unspecified atom stereocenters. The molecule has 0 saturated heterocycles. The van der Waals surface area contributed by atoms with Gasteiger partial charge in [0.25, 0.3) is 0 Å². The average Bonchev–Trinajstić information content (AvgIpc) is 2.90. The summed E-state index contributed by atoms with van der Waals surface area (Å²) in [7, 11) is 1.95. The quantitative estimate of drug-likeness (QED) is 0.686. The molecule has 0 aliphatic rings. The molecule has 2 aromatic rings. The second kappa shape index (κ2) is 6.93. The van der Waals surface area contributed by atoms with Crippen LogP contribution in [0.25, 0.3) is 0 Å². The Labute approximate surface area is 139 Å². The molecule has 21 heavy (non-hydrogen) atoms. The molecule has 0 amide bonds. The first-order valence-corrected chi connectivity index (χ1v) is 8.24. The molecule has 0 aliphatic heterocycles. The number of nitrogens with zero attached hydrogens (tertiary/aromatic N) is 1. The lowest BCUT2D eigenvalue weighted by Gasteiger charge is -2.30. The molecule has 0 radical (unpaired) electrons. The molecule has 1 heterocycles. The highest BCUT2D eigenvalue weighted by atomic mass is 35.5. The number of thiophene rings is 1. The maximum Gasteiger partial charge on any atom is 0.189 e. The van der Waals surface area contributed by atoms with Gasteiger partial charge in [0.1, 0.15) is 0 Å². The van der Waals surface area contributed by atoms with E-state index in [-0.39, 0.29) is 17.9 Å². The van der Waals surface area contributed by atoms with Crippen molar-refractivity contribution in [3.05, 3.63) is 56.2 Å². The largest absolute Gasteiger partial charge is 0.291 e. The van der Waals surface area contributed by atoms with Crippen LogP contribution < -0.4 is 0 Å². The number of hydrogen-bond acceptors (Lipinski definition) is 3. The van der Waals surface area contributed by atoms with Gasteiger partial charge >= 0.3 is 0 Å². The number of carbonyl (C=O) groups is 1. The molecule has 2 atom stereocenters. The molecule has 0 aliphatic carbocycles. The van der Waals surface area contributed by atoms with Gasteiger partial charge in [-0.05, 0) is 50.7 Å². The fraction of sp³-hybridized carbons (Fsp3) is 0.312. The van der Waals surface area contributed by atoms with Crippen LogP contribution >= 0.6 is 34.5 Å². The summed E-state index contributed by atoms with van der Waals surface area (Å²) in [6, 6.07) is 11.1. The minimum atomic E-state index is -0.228. The van der Waals surface area contributed by atoms with Gasteiger partial charge in [0.2, 0.25) is 0 Å². The van der Waals surface area contributed by atoms with E-state index in [1.54, 1.807) is 12.1 Å². The lowest BCUT2D eigenvalue weighted by atomic mass is 10.0. The number of hydrogen-bond donors (Lipinski definition) is 0. The Morgan fingerprint density at radius 1 is 1.19 bits per heavy atom. The van der Waals surface area contributed by atoms with E-state index in [2.05, 4.69) is 6.92 Å². The van der Waals surface area contributed by atoms with Crippen molar-refractivity contribution in [1.82, 2.24) is 4.90 Å². The fourth-order valence-electron chi connectivity index (χ4n) is 2.17. The monoisotopic (exact) mass is 341 g/mol. The molecule has 0 N–H and O–H groups in total. The first-order valence-electron chi connectivity index (χ1n) is 6.67. The second-order valence-corrected chi connectivity index (χ2v) is 7.19. The zero-order valence-electron chi connectivity index (χ0n) is 12.1. The maximum atomic E-state index is 12.5. The molecule has 112 valence electrons. The van der Waals surface area contributed by atoms with Crippen molar-refractivity contribution < 1.29 is 4.79 Å². The number of ketones is 1. The molecule has 2 rings (SSSR count). The van der Waals surface area contributed by atoms with E-state index in [9.17, 15) is 4.79 Å². The van der Waals surface area contributed by atoms with Gasteiger partial charge in [0, 0.05) is 11.1 Å². The van der Waals surface area contributed by atoms with Crippen molar-refractivity contribution in [1.29, 1.82) is 0 Å². The normalized spacial score (nSPS) is 14.2. The van der Waals surface area contributed by atoms with Crippen LogP contribution in [0.15, 0.2) is 36.4 Å². The fourth-order valence-corrected chi connectivity index (χ4v) is 3.44. The van der Waals surface area contributed by atoms with E-state index in [0.29, 0.717) is 14.2 Å². The summed E-state index contributed by atoms with van der Waals surface area (Å²) in [6.07, 6.45) is 0. The number of rotatable bonds is 5. The summed E-state index contributed by atoms with van der Waals surface area (Å²) in [5, 5.41) is 0.705. The zero-order valence-corrected chi connectivity index (χ0v) is 14.5. The number of Topliss-reactive ketones (excluding diaryl/α,β-unsaturated/α-hetero) is 1. The van der Waals surface area contributed by atoms with Gasteiger partial charge in [-0.15, -0.1) is 11.3 Å². The lowest BCUT2D eigenvalue weighted by molar-refractivity contribution is 0.0830. The molecule has 0 fully saturated rings. The predicted octanol–water partition coefficient (Wildman–Crippen LogP) is 5.32. The van der Waals surface area contributed by atoms with Gasteiger partial charge in [-0.1, -0.05) is 35.3 Å². The van der Waals surface area contributed by atoms with Crippen LogP contribution in [-0.2, 0) is 0 Å². The summed E-state index contributed by atoms with van der Waals surface area (Å²) in [5.41, 5.74) is 1.09. The van der Waals surface area contributed by atoms with Crippen LogP contribution in [0.4, 0.5) is 0 Å². The summed E-state index contributed by atoms with van der Waals surface area (Å²) >= 11 is 13.3. The van der Waals surface area contributed by atoms with Gasteiger partial charge in [-0.25, -0.2) is 0 Å². The van der Waals surface area contributed by atoms with Crippen LogP contribution in [0.5, 0.6) is 0 Å². The maximum absolute atomic E-state index is 12.5. The lowest BCUT2D eigenvalue weighted by Crippen LogP contribution is -2.37. The van der Waals surface area contributed by atoms with E-state index in [4.69, 9.17) is 23.2 Å². The Balaban J connectivity index is 2.15. The molecule has 1 aromatic carbocycles. The van der Waals surface area contributed by atoms with Crippen LogP contribution in [0.3, 0.4) is 0 Å². The molecular weight excluding hydrogens is 325 g/mol. The average molecular weight is 342 g/mol. The highest BCUT2D eigenvalue weighted by molar-refractivity contribution is 7.18. The Morgan fingerprint density at radius 2 is 1.90 bits per heavy atom. The van der Waals surface area contributed by atoms with Gasteiger partial charge in [0.05, 0.1) is 15.3 Å². The summed E-state index contributed by atoms with van der Waals surface area (Å²) < 4.78 is 0.635. The van der Waals surface area contributed by atoms with Crippen LogP contribution in [0, 0.1) is 0 Å². The van der Waals surface area contributed by atoms with E-state index < -0.39 is 0 Å².